The van der Waals surface area contributed by atoms with E-state index in [0.29, 0.717) is 17.9 Å². The van der Waals surface area contributed by atoms with E-state index in [2.05, 4.69) is 21.2 Å². The molecule has 2 aromatic rings. The molecule has 2 rings (SSSR count). The summed E-state index contributed by atoms with van der Waals surface area (Å²) in [6.07, 6.45) is 1.53. The van der Waals surface area contributed by atoms with Crippen LogP contribution in [0, 0.1) is 11.6 Å². The van der Waals surface area contributed by atoms with Crippen molar-refractivity contribution in [1.82, 2.24) is 5.32 Å². The summed E-state index contributed by atoms with van der Waals surface area (Å²) >= 11 is 3.35. The quantitative estimate of drug-likeness (QED) is 0.922. The minimum absolute atomic E-state index is 0.385. The van der Waals surface area contributed by atoms with Crippen molar-refractivity contribution in [3.63, 3.8) is 0 Å². The summed E-state index contributed by atoms with van der Waals surface area (Å²) in [4.78, 5) is 0. The third kappa shape index (κ3) is 2.79. The van der Waals surface area contributed by atoms with Gasteiger partial charge >= 0.3 is 0 Å². The molecular formula is C13H12BrF2NO. The maximum absolute atomic E-state index is 13.3. The summed E-state index contributed by atoms with van der Waals surface area (Å²) in [7, 11) is 0. The SMILES string of the molecule is CCNC(c1cc(F)cc(F)c1)c1occc1Br. The summed E-state index contributed by atoms with van der Waals surface area (Å²) in [5, 5.41) is 3.14. The van der Waals surface area contributed by atoms with Crippen LogP contribution in [-0.2, 0) is 0 Å². The predicted octanol–water partition coefficient (Wildman–Crippen LogP) is 4.02. The summed E-state index contributed by atoms with van der Waals surface area (Å²) in [6.45, 7) is 2.56. The highest BCUT2D eigenvalue weighted by atomic mass is 79.9. The van der Waals surface area contributed by atoms with Gasteiger partial charge in [-0.05, 0) is 46.2 Å². The fraction of sp³-hybridized carbons (Fsp3) is 0.231. The molecule has 1 aromatic heterocycles. The Hall–Kier alpha value is -1.20. The largest absolute Gasteiger partial charge is 0.466 e. The van der Waals surface area contributed by atoms with Gasteiger partial charge in [-0.1, -0.05) is 6.92 Å². The van der Waals surface area contributed by atoms with Crippen LogP contribution >= 0.6 is 15.9 Å². The van der Waals surface area contributed by atoms with Gasteiger partial charge in [0.1, 0.15) is 17.4 Å². The molecule has 5 heteroatoms. The van der Waals surface area contributed by atoms with Crippen LogP contribution in [0.25, 0.3) is 0 Å². The summed E-state index contributed by atoms with van der Waals surface area (Å²) < 4.78 is 32.6. The van der Waals surface area contributed by atoms with Crippen LogP contribution in [0.4, 0.5) is 8.78 Å². The molecule has 0 amide bonds. The van der Waals surface area contributed by atoms with Gasteiger partial charge in [-0.25, -0.2) is 8.78 Å². The lowest BCUT2D eigenvalue weighted by atomic mass is 10.0. The lowest BCUT2D eigenvalue weighted by molar-refractivity contribution is 0.447. The van der Waals surface area contributed by atoms with Gasteiger partial charge in [0.05, 0.1) is 16.8 Å². The Morgan fingerprint density at radius 1 is 1.28 bits per heavy atom. The molecular weight excluding hydrogens is 304 g/mol. The average molecular weight is 316 g/mol. The van der Waals surface area contributed by atoms with Crippen LogP contribution in [-0.4, -0.2) is 6.54 Å². The first kappa shape index (κ1) is 13.2. The first-order chi connectivity index (χ1) is 8.61. The standard InChI is InChI=1S/C13H12BrF2NO/c1-2-17-12(13-11(14)3-4-18-13)8-5-9(15)7-10(16)6-8/h3-7,12,17H,2H2,1H3. The number of nitrogens with one attached hydrogen (secondary N) is 1. The van der Waals surface area contributed by atoms with Gasteiger partial charge in [-0.15, -0.1) is 0 Å². The normalized spacial score (nSPS) is 12.7. The van der Waals surface area contributed by atoms with E-state index in [1.54, 1.807) is 6.07 Å². The van der Waals surface area contributed by atoms with Gasteiger partial charge in [0, 0.05) is 6.07 Å². The second kappa shape index (κ2) is 5.63. The fourth-order valence-electron chi connectivity index (χ4n) is 1.82. The minimum atomic E-state index is -0.601. The molecule has 96 valence electrons. The van der Waals surface area contributed by atoms with Crippen molar-refractivity contribution in [2.24, 2.45) is 0 Å². The molecule has 18 heavy (non-hydrogen) atoms. The number of rotatable bonds is 4. The van der Waals surface area contributed by atoms with Crippen LogP contribution in [0.1, 0.15) is 24.3 Å². The summed E-state index contributed by atoms with van der Waals surface area (Å²) in [5.41, 5.74) is 0.491. The predicted molar refractivity (Wildman–Crippen MR) is 68.3 cm³/mol. The van der Waals surface area contributed by atoms with Crippen molar-refractivity contribution in [2.45, 2.75) is 13.0 Å². The molecule has 1 atom stereocenters. The smallest absolute Gasteiger partial charge is 0.139 e. The van der Waals surface area contributed by atoms with Crippen LogP contribution in [0.3, 0.4) is 0 Å². The summed E-state index contributed by atoms with van der Waals surface area (Å²) in [6, 6.07) is 4.81. The highest BCUT2D eigenvalue weighted by Crippen LogP contribution is 2.30. The molecule has 1 heterocycles. The van der Waals surface area contributed by atoms with Crippen molar-refractivity contribution < 1.29 is 13.2 Å². The highest BCUT2D eigenvalue weighted by Gasteiger charge is 2.20. The molecule has 1 aromatic carbocycles. The molecule has 0 saturated heterocycles. The Kier molecular flexibility index (Phi) is 4.14. The molecule has 0 fully saturated rings. The van der Waals surface area contributed by atoms with Crippen molar-refractivity contribution in [2.75, 3.05) is 6.54 Å². The van der Waals surface area contributed by atoms with Crippen molar-refractivity contribution in [3.8, 4) is 0 Å². The Bertz CT molecular complexity index is 521. The molecule has 0 aliphatic carbocycles. The third-order valence-corrected chi connectivity index (χ3v) is 3.19. The van der Waals surface area contributed by atoms with Crippen molar-refractivity contribution >= 4 is 15.9 Å². The molecule has 0 radical (unpaired) electrons. The van der Waals surface area contributed by atoms with E-state index in [-0.39, 0.29) is 6.04 Å². The van der Waals surface area contributed by atoms with Crippen molar-refractivity contribution in [1.29, 1.82) is 0 Å². The Morgan fingerprint density at radius 3 is 2.44 bits per heavy atom. The Balaban J connectivity index is 2.44. The van der Waals surface area contributed by atoms with Crippen molar-refractivity contribution in [3.05, 3.63) is 58.0 Å². The van der Waals surface area contributed by atoms with Gasteiger partial charge in [0.25, 0.3) is 0 Å². The van der Waals surface area contributed by atoms with E-state index >= 15 is 0 Å². The van der Waals surface area contributed by atoms with E-state index in [1.807, 2.05) is 6.92 Å². The molecule has 0 saturated carbocycles. The minimum Gasteiger partial charge on any atom is -0.466 e. The highest BCUT2D eigenvalue weighted by molar-refractivity contribution is 9.10. The van der Waals surface area contributed by atoms with Crippen LogP contribution in [0.2, 0.25) is 0 Å². The van der Waals surface area contributed by atoms with Crippen LogP contribution < -0.4 is 5.32 Å². The Labute approximate surface area is 112 Å². The molecule has 0 aliphatic heterocycles. The zero-order valence-corrected chi connectivity index (χ0v) is 11.3. The van der Waals surface area contributed by atoms with E-state index < -0.39 is 11.6 Å². The van der Waals surface area contributed by atoms with Gasteiger partial charge in [-0.3, -0.25) is 0 Å². The fourth-order valence-corrected chi connectivity index (χ4v) is 2.25. The number of benzene rings is 1. The van der Waals surface area contributed by atoms with Gasteiger partial charge in [0.2, 0.25) is 0 Å². The van der Waals surface area contributed by atoms with Gasteiger partial charge in [0.15, 0.2) is 0 Å². The van der Waals surface area contributed by atoms with E-state index in [9.17, 15) is 8.78 Å². The first-order valence-electron chi connectivity index (χ1n) is 5.54. The second-order valence-corrected chi connectivity index (χ2v) is 4.68. The first-order valence-corrected chi connectivity index (χ1v) is 6.33. The van der Waals surface area contributed by atoms with Crippen LogP contribution in [0.15, 0.2) is 39.4 Å². The van der Waals surface area contributed by atoms with Gasteiger partial charge in [-0.2, -0.15) is 0 Å². The monoisotopic (exact) mass is 315 g/mol. The van der Waals surface area contributed by atoms with Crippen LogP contribution in [0.5, 0.6) is 0 Å². The number of halogens is 3. The molecule has 1 unspecified atom stereocenters. The number of furan rings is 1. The molecule has 0 spiro atoms. The number of hydrogen-bond donors (Lipinski definition) is 1. The Morgan fingerprint density at radius 2 is 1.94 bits per heavy atom. The van der Waals surface area contributed by atoms with E-state index in [1.165, 1.54) is 18.4 Å². The van der Waals surface area contributed by atoms with E-state index in [4.69, 9.17) is 4.42 Å². The molecule has 0 aliphatic rings. The van der Waals surface area contributed by atoms with Gasteiger partial charge < -0.3 is 9.73 Å². The van der Waals surface area contributed by atoms with E-state index in [0.717, 1.165) is 10.5 Å². The molecule has 0 bridgehead atoms. The maximum atomic E-state index is 13.3. The molecule has 1 N–H and O–H groups in total. The summed E-state index contributed by atoms with van der Waals surface area (Å²) in [5.74, 6) is -0.604. The number of hydrogen-bond acceptors (Lipinski definition) is 2. The topological polar surface area (TPSA) is 25.2 Å². The average Bonchev–Trinajstić information content (AvgIpc) is 2.71. The maximum Gasteiger partial charge on any atom is 0.139 e. The zero-order chi connectivity index (χ0) is 13.1. The third-order valence-electron chi connectivity index (χ3n) is 2.53. The molecule has 2 nitrogen and oxygen atoms in total. The lowest BCUT2D eigenvalue weighted by Crippen LogP contribution is -2.22. The second-order valence-electron chi connectivity index (χ2n) is 3.83. The zero-order valence-electron chi connectivity index (χ0n) is 9.71. The lowest BCUT2D eigenvalue weighted by Gasteiger charge is -2.17.